The zero-order chi connectivity index (χ0) is 14.8. The molecule has 2 aromatic rings. The van der Waals surface area contributed by atoms with Gasteiger partial charge in [0.1, 0.15) is 0 Å². The topological polar surface area (TPSA) is 12.0 Å². The van der Waals surface area contributed by atoms with Crippen molar-refractivity contribution < 1.29 is 0 Å². The van der Waals surface area contributed by atoms with Crippen molar-refractivity contribution in [3.8, 4) is 0 Å². The summed E-state index contributed by atoms with van der Waals surface area (Å²) in [4.78, 5) is 0. The van der Waals surface area contributed by atoms with Crippen LogP contribution in [-0.2, 0) is 0 Å². The molecule has 0 amide bonds. The minimum absolute atomic E-state index is 0.483. The normalized spacial score (nSPS) is 22.2. The van der Waals surface area contributed by atoms with Crippen LogP contribution in [0.5, 0.6) is 0 Å². The van der Waals surface area contributed by atoms with Crippen molar-refractivity contribution in [2.45, 2.75) is 25.2 Å². The van der Waals surface area contributed by atoms with Gasteiger partial charge in [-0.05, 0) is 49.1 Å². The van der Waals surface area contributed by atoms with Crippen molar-refractivity contribution in [3.63, 3.8) is 0 Å². The molecular weight excluding hydrogens is 301 g/mol. The summed E-state index contributed by atoms with van der Waals surface area (Å²) in [6.45, 7) is 4.18. The van der Waals surface area contributed by atoms with Crippen LogP contribution in [0.4, 0.5) is 0 Å². The Kier molecular flexibility index (Phi) is 4.54. The fraction of sp³-hybridized carbons (Fsp3) is 0.333. The molecule has 0 saturated carbocycles. The van der Waals surface area contributed by atoms with E-state index in [-0.39, 0.29) is 0 Å². The number of aryl methyl sites for hydroxylation is 1. The highest BCUT2D eigenvalue weighted by Gasteiger charge is 2.27. The smallest absolute Gasteiger partial charge is 0.0595 e. The molecule has 0 spiro atoms. The van der Waals surface area contributed by atoms with E-state index in [4.69, 9.17) is 23.2 Å². The third-order valence-corrected chi connectivity index (χ3v) is 5.10. The highest BCUT2D eigenvalue weighted by molar-refractivity contribution is 6.42. The molecule has 0 aromatic heterocycles. The molecule has 1 N–H and O–H groups in total. The maximum atomic E-state index is 6.20. The lowest BCUT2D eigenvalue weighted by Crippen LogP contribution is -2.34. The van der Waals surface area contributed by atoms with E-state index < -0.39 is 0 Å². The van der Waals surface area contributed by atoms with Crippen molar-refractivity contribution in [2.24, 2.45) is 0 Å². The molecule has 0 radical (unpaired) electrons. The van der Waals surface area contributed by atoms with Crippen molar-refractivity contribution in [3.05, 3.63) is 69.2 Å². The van der Waals surface area contributed by atoms with Crippen LogP contribution >= 0.6 is 23.2 Å². The average Bonchev–Trinajstić information content (AvgIpc) is 2.51. The summed E-state index contributed by atoms with van der Waals surface area (Å²) in [5.41, 5.74) is 3.98. The van der Waals surface area contributed by atoms with E-state index in [1.807, 2.05) is 12.1 Å². The quantitative estimate of drug-likeness (QED) is 0.805. The van der Waals surface area contributed by atoms with Crippen LogP contribution in [0.25, 0.3) is 0 Å². The standard InChI is InChI=1S/C18H19Cl2N/c1-12-2-4-13(5-3-12)16-11-21-9-8-15(16)14-6-7-17(19)18(20)10-14/h2-7,10,15-16,21H,8-9,11H2,1H3. The van der Waals surface area contributed by atoms with Gasteiger partial charge in [-0.3, -0.25) is 0 Å². The Balaban J connectivity index is 1.94. The van der Waals surface area contributed by atoms with Gasteiger partial charge in [0.25, 0.3) is 0 Å². The minimum Gasteiger partial charge on any atom is -0.316 e. The molecule has 0 bridgehead atoms. The molecule has 1 fully saturated rings. The molecular formula is C18H19Cl2N. The molecule has 2 atom stereocenters. The first-order chi connectivity index (χ1) is 10.1. The van der Waals surface area contributed by atoms with E-state index in [2.05, 4.69) is 42.6 Å². The van der Waals surface area contributed by atoms with E-state index in [0.717, 1.165) is 19.5 Å². The van der Waals surface area contributed by atoms with Crippen molar-refractivity contribution in [1.29, 1.82) is 0 Å². The first-order valence-electron chi connectivity index (χ1n) is 7.37. The van der Waals surface area contributed by atoms with Gasteiger partial charge < -0.3 is 5.32 Å². The number of halogens is 2. The summed E-state index contributed by atoms with van der Waals surface area (Å²) in [5, 5.41) is 4.79. The summed E-state index contributed by atoms with van der Waals surface area (Å²) in [5.74, 6) is 0.973. The Labute approximate surface area is 136 Å². The predicted octanol–water partition coefficient (Wildman–Crippen LogP) is 5.16. The molecule has 0 aliphatic carbocycles. The molecule has 3 heteroatoms. The summed E-state index contributed by atoms with van der Waals surface area (Å²) in [7, 11) is 0. The number of nitrogens with one attached hydrogen (secondary N) is 1. The predicted molar refractivity (Wildman–Crippen MR) is 90.6 cm³/mol. The Morgan fingerprint density at radius 3 is 2.33 bits per heavy atom. The molecule has 1 nitrogen and oxygen atoms in total. The van der Waals surface area contributed by atoms with E-state index in [1.54, 1.807) is 0 Å². The summed E-state index contributed by atoms with van der Waals surface area (Å²) < 4.78 is 0. The number of rotatable bonds is 2. The zero-order valence-electron chi connectivity index (χ0n) is 12.1. The second kappa shape index (κ2) is 6.39. The number of hydrogen-bond donors (Lipinski definition) is 1. The van der Waals surface area contributed by atoms with Crippen molar-refractivity contribution in [1.82, 2.24) is 5.32 Å². The SMILES string of the molecule is Cc1ccc(C2CNCCC2c2ccc(Cl)c(Cl)c2)cc1. The molecule has 2 aromatic carbocycles. The summed E-state index contributed by atoms with van der Waals surface area (Å²) >= 11 is 12.2. The summed E-state index contributed by atoms with van der Waals surface area (Å²) in [6, 6.07) is 14.9. The van der Waals surface area contributed by atoms with Gasteiger partial charge in [-0.25, -0.2) is 0 Å². The molecule has 3 rings (SSSR count). The van der Waals surface area contributed by atoms with Crippen molar-refractivity contribution >= 4 is 23.2 Å². The van der Waals surface area contributed by atoms with Gasteiger partial charge in [0, 0.05) is 12.5 Å². The Hall–Kier alpha value is -1.02. The largest absolute Gasteiger partial charge is 0.316 e. The van der Waals surface area contributed by atoms with Crippen LogP contribution in [0.2, 0.25) is 10.0 Å². The first kappa shape index (κ1) is 14.9. The van der Waals surface area contributed by atoms with Crippen LogP contribution in [0.1, 0.15) is 34.9 Å². The monoisotopic (exact) mass is 319 g/mol. The number of hydrogen-bond acceptors (Lipinski definition) is 1. The molecule has 2 unspecified atom stereocenters. The molecule has 21 heavy (non-hydrogen) atoms. The van der Waals surface area contributed by atoms with E-state index in [1.165, 1.54) is 16.7 Å². The zero-order valence-corrected chi connectivity index (χ0v) is 13.6. The van der Waals surface area contributed by atoms with Gasteiger partial charge in [0.15, 0.2) is 0 Å². The highest BCUT2D eigenvalue weighted by atomic mass is 35.5. The number of benzene rings is 2. The third kappa shape index (κ3) is 3.26. The van der Waals surface area contributed by atoms with Crippen LogP contribution in [0, 0.1) is 6.92 Å². The van der Waals surface area contributed by atoms with Crippen LogP contribution in [0.3, 0.4) is 0 Å². The second-order valence-electron chi connectivity index (χ2n) is 5.79. The first-order valence-corrected chi connectivity index (χ1v) is 8.13. The average molecular weight is 320 g/mol. The maximum absolute atomic E-state index is 6.20. The fourth-order valence-electron chi connectivity index (χ4n) is 3.16. The number of piperidine rings is 1. The van der Waals surface area contributed by atoms with Gasteiger partial charge >= 0.3 is 0 Å². The lowest BCUT2D eigenvalue weighted by atomic mass is 9.77. The van der Waals surface area contributed by atoms with Crippen LogP contribution in [-0.4, -0.2) is 13.1 Å². The Bertz CT molecular complexity index is 622. The van der Waals surface area contributed by atoms with E-state index >= 15 is 0 Å². The van der Waals surface area contributed by atoms with Gasteiger partial charge in [0.2, 0.25) is 0 Å². The second-order valence-corrected chi connectivity index (χ2v) is 6.60. The van der Waals surface area contributed by atoms with E-state index in [9.17, 15) is 0 Å². The minimum atomic E-state index is 0.483. The Morgan fingerprint density at radius 1 is 0.905 bits per heavy atom. The Morgan fingerprint density at radius 2 is 1.62 bits per heavy atom. The van der Waals surface area contributed by atoms with Gasteiger partial charge in [-0.2, -0.15) is 0 Å². The lowest BCUT2D eigenvalue weighted by Gasteiger charge is -2.33. The van der Waals surface area contributed by atoms with Crippen LogP contribution in [0.15, 0.2) is 42.5 Å². The van der Waals surface area contributed by atoms with E-state index in [0.29, 0.717) is 21.9 Å². The third-order valence-electron chi connectivity index (χ3n) is 4.36. The van der Waals surface area contributed by atoms with Gasteiger partial charge in [-0.1, -0.05) is 59.1 Å². The highest BCUT2D eigenvalue weighted by Crippen LogP contribution is 2.39. The molecule has 1 saturated heterocycles. The fourth-order valence-corrected chi connectivity index (χ4v) is 3.47. The molecule has 1 heterocycles. The van der Waals surface area contributed by atoms with Crippen molar-refractivity contribution in [2.75, 3.05) is 13.1 Å². The maximum Gasteiger partial charge on any atom is 0.0595 e. The van der Waals surface area contributed by atoms with Crippen LogP contribution < -0.4 is 5.32 Å². The van der Waals surface area contributed by atoms with Gasteiger partial charge in [-0.15, -0.1) is 0 Å². The molecule has 1 aliphatic heterocycles. The molecule has 110 valence electrons. The summed E-state index contributed by atoms with van der Waals surface area (Å²) in [6.07, 6.45) is 1.12. The van der Waals surface area contributed by atoms with Gasteiger partial charge in [0.05, 0.1) is 10.0 Å². The molecule has 1 aliphatic rings. The lowest BCUT2D eigenvalue weighted by molar-refractivity contribution is 0.404.